The van der Waals surface area contributed by atoms with E-state index in [9.17, 15) is 14.0 Å². The first kappa shape index (κ1) is 22.6. The zero-order chi connectivity index (χ0) is 22.7. The normalized spacial score (nSPS) is 13.5. The van der Waals surface area contributed by atoms with Gasteiger partial charge in [0.15, 0.2) is 0 Å². The highest BCUT2D eigenvalue weighted by Crippen LogP contribution is 2.33. The number of hydrogen-bond acceptors (Lipinski definition) is 5. The van der Waals surface area contributed by atoms with Crippen molar-refractivity contribution >= 4 is 27.5 Å². The SMILES string of the molecule is CN(C)CCN(Cc1ccc(F)cc1)C(=O)CCn1cnc2sc3c(c2c1=O)CCCC3. The second kappa shape index (κ2) is 9.92. The van der Waals surface area contributed by atoms with Crippen molar-refractivity contribution in [2.45, 2.75) is 45.2 Å². The second-order valence-corrected chi connectivity index (χ2v) is 9.71. The Hall–Kier alpha value is -2.58. The lowest BCUT2D eigenvalue weighted by Gasteiger charge is -2.25. The van der Waals surface area contributed by atoms with E-state index in [1.807, 2.05) is 19.0 Å². The molecule has 0 saturated heterocycles. The number of thiophene rings is 1. The molecular formula is C24H29FN4O2S. The van der Waals surface area contributed by atoms with Gasteiger partial charge in [-0.25, -0.2) is 9.37 Å². The van der Waals surface area contributed by atoms with E-state index < -0.39 is 0 Å². The molecule has 0 aliphatic heterocycles. The van der Waals surface area contributed by atoms with Crippen LogP contribution >= 0.6 is 11.3 Å². The molecule has 32 heavy (non-hydrogen) atoms. The fraction of sp³-hybridized carbons (Fsp3) is 0.458. The van der Waals surface area contributed by atoms with Gasteiger partial charge in [0.1, 0.15) is 10.6 Å². The fourth-order valence-corrected chi connectivity index (χ4v) is 5.36. The minimum atomic E-state index is -0.294. The van der Waals surface area contributed by atoms with Gasteiger partial charge in [-0.15, -0.1) is 11.3 Å². The molecule has 1 amide bonds. The lowest BCUT2D eigenvalue weighted by molar-refractivity contribution is -0.132. The van der Waals surface area contributed by atoms with Crippen LogP contribution in [0.2, 0.25) is 0 Å². The van der Waals surface area contributed by atoms with Gasteiger partial charge in [-0.2, -0.15) is 0 Å². The van der Waals surface area contributed by atoms with Crippen LogP contribution in [0.4, 0.5) is 4.39 Å². The number of aryl methyl sites for hydroxylation is 3. The van der Waals surface area contributed by atoms with Crippen molar-refractivity contribution in [3.63, 3.8) is 0 Å². The molecule has 0 fully saturated rings. The van der Waals surface area contributed by atoms with Crippen molar-refractivity contribution in [2.24, 2.45) is 0 Å². The minimum absolute atomic E-state index is 0.0319. The Labute approximate surface area is 191 Å². The summed E-state index contributed by atoms with van der Waals surface area (Å²) in [5, 5.41) is 0.746. The molecule has 6 nitrogen and oxygen atoms in total. The smallest absolute Gasteiger partial charge is 0.262 e. The van der Waals surface area contributed by atoms with Crippen LogP contribution in [0.25, 0.3) is 10.2 Å². The van der Waals surface area contributed by atoms with E-state index in [2.05, 4.69) is 4.98 Å². The van der Waals surface area contributed by atoms with Crippen LogP contribution in [0.3, 0.4) is 0 Å². The molecule has 1 aliphatic carbocycles. The van der Waals surface area contributed by atoms with Gasteiger partial charge in [0, 0.05) is 37.5 Å². The summed E-state index contributed by atoms with van der Waals surface area (Å²) in [6.07, 6.45) is 6.02. The Kier molecular flexibility index (Phi) is 7.01. The highest BCUT2D eigenvalue weighted by atomic mass is 32.1. The number of rotatable bonds is 8. The largest absolute Gasteiger partial charge is 0.337 e. The van der Waals surface area contributed by atoms with Gasteiger partial charge in [-0.3, -0.25) is 14.2 Å². The summed E-state index contributed by atoms with van der Waals surface area (Å²) < 4.78 is 14.8. The molecule has 0 N–H and O–H groups in total. The number of hydrogen-bond donors (Lipinski definition) is 0. The first-order valence-corrected chi connectivity index (χ1v) is 11.9. The number of aromatic nitrogens is 2. The molecule has 1 aromatic carbocycles. The third-order valence-corrected chi connectivity index (χ3v) is 7.16. The van der Waals surface area contributed by atoms with E-state index in [4.69, 9.17) is 0 Å². The molecule has 3 aromatic rings. The van der Waals surface area contributed by atoms with Crippen molar-refractivity contribution in [1.82, 2.24) is 19.4 Å². The summed E-state index contributed by atoms with van der Waals surface area (Å²) in [6.45, 7) is 2.00. The van der Waals surface area contributed by atoms with Gasteiger partial charge in [-0.1, -0.05) is 12.1 Å². The van der Waals surface area contributed by atoms with Crippen LogP contribution in [-0.4, -0.2) is 52.4 Å². The predicted molar refractivity (Wildman–Crippen MR) is 126 cm³/mol. The average Bonchev–Trinajstić information content (AvgIpc) is 3.16. The second-order valence-electron chi connectivity index (χ2n) is 8.63. The summed E-state index contributed by atoms with van der Waals surface area (Å²) >= 11 is 1.63. The molecule has 0 saturated carbocycles. The van der Waals surface area contributed by atoms with Crippen molar-refractivity contribution in [3.05, 3.63) is 62.8 Å². The van der Waals surface area contributed by atoms with Crippen LogP contribution in [0, 0.1) is 5.82 Å². The lowest BCUT2D eigenvalue weighted by Crippen LogP contribution is -2.37. The maximum atomic E-state index is 13.3. The van der Waals surface area contributed by atoms with Crippen LogP contribution in [0.1, 0.15) is 35.3 Å². The van der Waals surface area contributed by atoms with Crippen LogP contribution < -0.4 is 5.56 Å². The molecule has 2 heterocycles. The summed E-state index contributed by atoms with van der Waals surface area (Å²) in [5.41, 5.74) is 2.00. The summed E-state index contributed by atoms with van der Waals surface area (Å²) in [7, 11) is 3.92. The van der Waals surface area contributed by atoms with Gasteiger partial charge in [0.25, 0.3) is 5.56 Å². The topological polar surface area (TPSA) is 58.4 Å². The molecule has 0 atom stereocenters. The Morgan fingerprint density at radius 1 is 1.16 bits per heavy atom. The van der Waals surface area contributed by atoms with E-state index >= 15 is 0 Å². The Morgan fingerprint density at radius 2 is 1.91 bits per heavy atom. The Balaban J connectivity index is 1.49. The Bertz CT molecular complexity index is 1150. The third-order valence-electron chi connectivity index (χ3n) is 5.96. The molecule has 0 radical (unpaired) electrons. The first-order valence-electron chi connectivity index (χ1n) is 11.1. The summed E-state index contributed by atoms with van der Waals surface area (Å²) in [4.78, 5) is 36.6. The quantitative estimate of drug-likeness (QED) is 0.521. The first-order chi connectivity index (χ1) is 15.4. The van der Waals surface area contributed by atoms with Gasteiger partial charge in [0.2, 0.25) is 5.91 Å². The monoisotopic (exact) mass is 456 g/mol. The van der Waals surface area contributed by atoms with Crippen LogP contribution in [0.15, 0.2) is 35.4 Å². The molecule has 8 heteroatoms. The number of fused-ring (bicyclic) bond motifs is 3. The number of benzene rings is 1. The standard InChI is InChI=1S/C24H29FN4O2S/c1-27(2)13-14-28(15-17-7-9-18(25)10-8-17)21(30)11-12-29-16-26-23-22(24(29)31)19-5-3-4-6-20(19)32-23/h7-10,16H,3-6,11-15H2,1-2H3. The maximum Gasteiger partial charge on any atom is 0.262 e. The van der Waals surface area contributed by atoms with Crippen molar-refractivity contribution in [3.8, 4) is 0 Å². The van der Waals surface area contributed by atoms with Crippen LogP contribution in [0.5, 0.6) is 0 Å². The van der Waals surface area contributed by atoms with E-state index in [0.717, 1.165) is 41.6 Å². The van der Waals surface area contributed by atoms with Crippen molar-refractivity contribution in [2.75, 3.05) is 27.2 Å². The third kappa shape index (κ3) is 5.07. The highest BCUT2D eigenvalue weighted by molar-refractivity contribution is 7.18. The molecule has 170 valence electrons. The van der Waals surface area contributed by atoms with E-state index in [1.165, 1.54) is 29.0 Å². The molecule has 0 bridgehead atoms. The highest BCUT2D eigenvalue weighted by Gasteiger charge is 2.21. The number of carbonyl (C=O) groups excluding carboxylic acids is 1. The van der Waals surface area contributed by atoms with Crippen LogP contribution in [-0.2, 0) is 30.7 Å². The fourth-order valence-electron chi connectivity index (χ4n) is 4.14. The number of nitrogens with zero attached hydrogens (tertiary/aromatic N) is 4. The van der Waals surface area contributed by atoms with Gasteiger partial charge >= 0.3 is 0 Å². The molecule has 0 unspecified atom stereocenters. The summed E-state index contributed by atoms with van der Waals surface area (Å²) in [5.74, 6) is -0.326. The predicted octanol–water partition coefficient (Wildman–Crippen LogP) is 3.46. The molecular weight excluding hydrogens is 427 g/mol. The maximum absolute atomic E-state index is 13.3. The Morgan fingerprint density at radius 3 is 2.66 bits per heavy atom. The lowest BCUT2D eigenvalue weighted by atomic mass is 9.97. The van der Waals surface area contributed by atoms with E-state index in [1.54, 1.807) is 39.3 Å². The number of amides is 1. The number of likely N-dealkylation sites (N-methyl/N-ethyl adjacent to an activating group) is 1. The minimum Gasteiger partial charge on any atom is -0.337 e. The van der Waals surface area contributed by atoms with Gasteiger partial charge < -0.3 is 9.80 Å². The number of carbonyl (C=O) groups is 1. The molecule has 0 spiro atoms. The number of halogens is 1. The van der Waals surface area contributed by atoms with Crippen molar-refractivity contribution in [1.29, 1.82) is 0 Å². The average molecular weight is 457 g/mol. The molecule has 4 rings (SSSR count). The zero-order valence-corrected chi connectivity index (χ0v) is 19.5. The van der Waals surface area contributed by atoms with E-state index in [0.29, 0.717) is 19.6 Å². The zero-order valence-electron chi connectivity index (χ0n) is 18.6. The van der Waals surface area contributed by atoms with Gasteiger partial charge in [-0.05, 0) is 63.0 Å². The van der Waals surface area contributed by atoms with E-state index in [-0.39, 0.29) is 23.7 Å². The van der Waals surface area contributed by atoms with Gasteiger partial charge in [0.05, 0.1) is 11.7 Å². The molecule has 1 aliphatic rings. The summed E-state index contributed by atoms with van der Waals surface area (Å²) in [6, 6.07) is 6.22. The molecule has 2 aromatic heterocycles. The van der Waals surface area contributed by atoms with Crippen molar-refractivity contribution < 1.29 is 9.18 Å².